The van der Waals surface area contributed by atoms with Crippen LogP contribution in [0.15, 0.2) is 12.2 Å². The zero-order valence-corrected chi connectivity index (χ0v) is 8.98. The summed E-state index contributed by atoms with van der Waals surface area (Å²) in [5, 5.41) is 0. The van der Waals surface area contributed by atoms with E-state index in [1.807, 2.05) is 13.0 Å². The zero-order chi connectivity index (χ0) is 8.91. The molecule has 0 amide bonds. The Balaban J connectivity index is 3.70. The molecule has 0 unspecified atom stereocenters. The number of rotatable bonds is 4. The van der Waals surface area contributed by atoms with Crippen molar-refractivity contribution in [3.05, 3.63) is 12.2 Å². The van der Waals surface area contributed by atoms with Crippen molar-refractivity contribution in [2.24, 2.45) is 0 Å². The van der Waals surface area contributed by atoms with Crippen LogP contribution in [0.3, 0.4) is 0 Å². The minimum Gasteiger partial charge on any atom is -0.295 e. The Morgan fingerprint density at radius 2 is 1.91 bits per heavy atom. The molecule has 0 rings (SSSR count). The molecule has 0 heterocycles. The van der Waals surface area contributed by atoms with Gasteiger partial charge in [-0.1, -0.05) is 32.6 Å². The molecule has 0 bridgehead atoms. The first-order valence-corrected chi connectivity index (χ1v) is 7.86. The number of carbonyl (C=O) groups is 1. The first-order valence-electron chi connectivity index (χ1n) is 4.15. The van der Waals surface area contributed by atoms with Crippen LogP contribution in [0.25, 0.3) is 0 Å². The fourth-order valence-corrected chi connectivity index (χ4v) is 1.49. The summed E-state index contributed by atoms with van der Waals surface area (Å²) >= 11 is 0. The molecule has 0 aliphatic heterocycles. The van der Waals surface area contributed by atoms with Crippen LogP contribution in [0.5, 0.6) is 0 Å². The predicted octanol–water partition coefficient (Wildman–Crippen LogP) is 2.86. The first-order chi connectivity index (χ1) is 4.95. The standard InChI is InChI=1S/C9H18OSi/c1-5-9(10)7-6-8-11(2,3)4/h6-7H,5,8H2,1-4H3/b7-6-. The van der Waals surface area contributed by atoms with Crippen molar-refractivity contribution in [3.63, 3.8) is 0 Å². The van der Waals surface area contributed by atoms with Crippen LogP contribution < -0.4 is 0 Å². The molecular formula is C9H18OSi. The Bertz CT molecular complexity index is 153. The molecule has 0 fully saturated rings. The molecule has 0 saturated heterocycles. The summed E-state index contributed by atoms with van der Waals surface area (Å²) < 4.78 is 0. The molecule has 0 N–H and O–H groups in total. The van der Waals surface area contributed by atoms with E-state index in [0.29, 0.717) is 6.42 Å². The summed E-state index contributed by atoms with van der Waals surface area (Å²) in [5.74, 6) is 0.239. The van der Waals surface area contributed by atoms with Crippen LogP contribution in [0.4, 0.5) is 0 Å². The predicted molar refractivity (Wildman–Crippen MR) is 52.6 cm³/mol. The van der Waals surface area contributed by atoms with Gasteiger partial charge in [0.2, 0.25) is 0 Å². The smallest absolute Gasteiger partial charge is 0.155 e. The lowest BCUT2D eigenvalue weighted by atomic mass is 10.3. The molecule has 1 nitrogen and oxygen atoms in total. The Kier molecular flexibility index (Phi) is 4.34. The average Bonchev–Trinajstić information content (AvgIpc) is 1.85. The molecule has 0 atom stereocenters. The highest BCUT2D eigenvalue weighted by atomic mass is 28.3. The van der Waals surface area contributed by atoms with Crippen LogP contribution in [-0.2, 0) is 4.79 Å². The van der Waals surface area contributed by atoms with Crippen LogP contribution in [0.2, 0.25) is 25.7 Å². The van der Waals surface area contributed by atoms with E-state index in [-0.39, 0.29) is 5.78 Å². The Labute approximate surface area is 70.5 Å². The fourth-order valence-electron chi connectivity index (χ4n) is 0.662. The summed E-state index contributed by atoms with van der Waals surface area (Å²) in [7, 11) is -0.976. The second kappa shape index (κ2) is 4.49. The van der Waals surface area contributed by atoms with E-state index in [1.165, 1.54) is 0 Å². The maximum absolute atomic E-state index is 10.8. The molecule has 0 aromatic carbocycles. The lowest BCUT2D eigenvalue weighted by Crippen LogP contribution is -2.17. The molecule has 0 aliphatic carbocycles. The van der Waals surface area contributed by atoms with Crippen molar-refractivity contribution in [2.45, 2.75) is 39.0 Å². The van der Waals surface area contributed by atoms with Crippen molar-refractivity contribution in [3.8, 4) is 0 Å². The molecular weight excluding hydrogens is 152 g/mol. The molecule has 11 heavy (non-hydrogen) atoms. The molecule has 2 heteroatoms. The third-order valence-corrected chi connectivity index (χ3v) is 2.84. The van der Waals surface area contributed by atoms with Gasteiger partial charge >= 0.3 is 0 Å². The number of ketones is 1. The molecule has 0 saturated carbocycles. The Morgan fingerprint density at radius 3 is 2.27 bits per heavy atom. The first kappa shape index (κ1) is 10.6. The number of allylic oxidation sites excluding steroid dienone is 2. The molecule has 0 aromatic rings. The normalized spacial score (nSPS) is 12.4. The van der Waals surface area contributed by atoms with Gasteiger partial charge in [-0.2, -0.15) is 0 Å². The van der Waals surface area contributed by atoms with Crippen molar-refractivity contribution in [1.29, 1.82) is 0 Å². The molecule has 0 radical (unpaired) electrons. The summed E-state index contributed by atoms with van der Waals surface area (Å²) in [6, 6.07) is 1.11. The maximum Gasteiger partial charge on any atom is 0.155 e. The highest BCUT2D eigenvalue weighted by Crippen LogP contribution is 2.08. The van der Waals surface area contributed by atoms with Crippen molar-refractivity contribution < 1.29 is 4.79 Å². The van der Waals surface area contributed by atoms with Gasteiger partial charge in [-0.3, -0.25) is 4.79 Å². The average molecular weight is 170 g/mol. The van der Waals surface area contributed by atoms with Gasteiger partial charge in [-0.25, -0.2) is 0 Å². The molecule has 0 spiro atoms. The van der Waals surface area contributed by atoms with E-state index in [2.05, 4.69) is 19.6 Å². The van der Waals surface area contributed by atoms with E-state index in [1.54, 1.807) is 6.08 Å². The molecule has 0 aromatic heterocycles. The van der Waals surface area contributed by atoms with Crippen LogP contribution in [0, 0.1) is 0 Å². The minimum absolute atomic E-state index is 0.239. The van der Waals surface area contributed by atoms with Crippen LogP contribution in [-0.4, -0.2) is 13.9 Å². The van der Waals surface area contributed by atoms with Crippen molar-refractivity contribution >= 4 is 13.9 Å². The van der Waals surface area contributed by atoms with Gasteiger partial charge < -0.3 is 0 Å². The van der Waals surface area contributed by atoms with E-state index < -0.39 is 8.07 Å². The van der Waals surface area contributed by atoms with E-state index in [9.17, 15) is 4.79 Å². The van der Waals surface area contributed by atoms with Gasteiger partial charge in [-0.15, -0.1) is 0 Å². The van der Waals surface area contributed by atoms with Crippen molar-refractivity contribution in [2.75, 3.05) is 0 Å². The Morgan fingerprint density at radius 1 is 1.36 bits per heavy atom. The molecule has 64 valence electrons. The number of hydrogen-bond donors (Lipinski definition) is 0. The summed E-state index contributed by atoms with van der Waals surface area (Å²) in [6.45, 7) is 8.79. The van der Waals surface area contributed by atoms with E-state index in [4.69, 9.17) is 0 Å². The second-order valence-electron chi connectivity index (χ2n) is 3.99. The summed E-state index contributed by atoms with van der Waals surface area (Å²) in [4.78, 5) is 10.8. The van der Waals surface area contributed by atoms with Crippen LogP contribution >= 0.6 is 0 Å². The third kappa shape index (κ3) is 7.52. The quantitative estimate of drug-likeness (QED) is 0.468. The topological polar surface area (TPSA) is 17.1 Å². The van der Waals surface area contributed by atoms with Gasteiger partial charge in [0.1, 0.15) is 0 Å². The van der Waals surface area contributed by atoms with Gasteiger partial charge in [0.25, 0.3) is 0 Å². The fraction of sp³-hybridized carbons (Fsp3) is 0.667. The zero-order valence-electron chi connectivity index (χ0n) is 7.98. The highest BCUT2D eigenvalue weighted by Gasteiger charge is 2.09. The van der Waals surface area contributed by atoms with E-state index >= 15 is 0 Å². The van der Waals surface area contributed by atoms with Crippen molar-refractivity contribution in [1.82, 2.24) is 0 Å². The highest BCUT2D eigenvalue weighted by molar-refractivity contribution is 6.76. The van der Waals surface area contributed by atoms with Crippen LogP contribution in [0.1, 0.15) is 13.3 Å². The summed E-state index contributed by atoms with van der Waals surface area (Å²) in [6.07, 6.45) is 4.37. The monoisotopic (exact) mass is 170 g/mol. The number of carbonyl (C=O) groups excluding carboxylic acids is 1. The molecule has 0 aliphatic rings. The third-order valence-electron chi connectivity index (χ3n) is 1.38. The van der Waals surface area contributed by atoms with E-state index in [0.717, 1.165) is 6.04 Å². The summed E-state index contributed by atoms with van der Waals surface area (Å²) in [5.41, 5.74) is 0. The minimum atomic E-state index is -0.976. The number of hydrogen-bond acceptors (Lipinski definition) is 1. The van der Waals surface area contributed by atoms with Gasteiger partial charge in [-0.05, 0) is 12.1 Å². The SMILES string of the molecule is CCC(=O)/C=C\C[Si](C)(C)C. The lowest BCUT2D eigenvalue weighted by molar-refractivity contribution is -0.114. The van der Waals surface area contributed by atoms with Gasteiger partial charge in [0, 0.05) is 14.5 Å². The maximum atomic E-state index is 10.8. The second-order valence-corrected chi connectivity index (χ2v) is 9.52. The van der Waals surface area contributed by atoms with Gasteiger partial charge in [0.05, 0.1) is 0 Å². The largest absolute Gasteiger partial charge is 0.295 e. The lowest BCUT2D eigenvalue weighted by Gasteiger charge is -2.11. The van der Waals surface area contributed by atoms with Gasteiger partial charge in [0.15, 0.2) is 5.78 Å². The Hall–Kier alpha value is -0.373.